The van der Waals surface area contributed by atoms with Gasteiger partial charge in [0.15, 0.2) is 0 Å². The molecule has 2 aliphatic heterocycles. The van der Waals surface area contributed by atoms with Crippen molar-refractivity contribution in [3.05, 3.63) is 29.3 Å². The number of hydrogen-bond donors (Lipinski definition) is 1. The van der Waals surface area contributed by atoms with Crippen molar-refractivity contribution in [1.82, 2.24) is 9.21 Å². The number of carbonyl (C=O) groups is 2. The normalized spacial score (nSPS) is 28.3. The molecule has 1 aromatic carbocycles. The second kappa shape index (κ2) is 6.76. The average molecular weight is 414 g/mol. The van der Waals surface area contributed by atoms with Crippen LogP contribution in [0.1, 0.15) is 47.4 Å². The van der Waals surface area contributed by atoms with Crippen LogP contribution in [0, 0.1) is 11.8 Å². The summed E-state index contributed by atoms with van der Waals surface area (Å²) in [6.07, 6.45) is 2.04. The maximum atomic E-state index is 12.9. The van der Waals surface area contributed by atoms with Gasteiger partial charge in [-0.1, -0.05) is 0 Å². The molecule has 9 heteroatoms. The standard InChI is InChI=1S/C18H23N3O4S.ClH/c1-10(2)21-18(23)13-5-3-11(7-16(13)26(21,24)25)17(22)20-8-12-4-6-15(19)14(12)9-20;/h3,5,7,10,12,14-15H,4,6,8-9,19H2,1-2H3;1H. The van der Waals surface area contributed by atoms with Gasteiger partial charge in [0.2, 0.25) is 0 Å². The Balaban J connectivity index is 0.00000210. The molecular weight excluding hydrogens is 390 g/mol. The third-order valence-corrected chi connectivity index (χ3v) is 7.86. The van der Waals surface area contributed by atoms with Crippen LogP contribution in [0.15, 0.2) is 23.1 Å². The van der Waals surface area contributed by atoms with E-state index in [0.29, 0.717) is 30.5 Å². The van der Waals surface area contributed by atoms with Crippen molar-refractivity contribution in [3.8, 4) is 0 Å². The lowest BCUT2D eigenvalue weighted by molar-refractivity contribution is 0.0777. The molecule has 2 heterocycles. The van der Waals surface area contributed by atoms with Gasteiger partial charge in [-0.2, -0.15) is 0 Å². The Kier molecular flexibility index (Phi) is 5.03. The highest BCUT2D eigenvalue weighted by Gasteiger charge is 2.45. The molecule has 0 bridgehead atoms. The zero-order valence-electron chi connectivity index (χ0n) is 15.3. The van der Waals surface area contributed by atoms with E-state index in [-0.39, 0.29) is 34.8 Å². The molecule has 7 nitrogen and oxygen atoms in total. The number of amides is 2. The fraction of sp³-hybridized carbons (Fsp3) is 0.556. The van der Waals surface area contributed by atoms with Crippen LogP contribution in [0.2, 0.25) is 0 Å². The van der Waals surface area contributed by atoms with E-state index in [0.717, 1.165) is 17.1 Å². The molecule has 1 saturated carbocycles. The molecule has 3 unspecified atom stereocenters. The zero-order chi connectivity index (χ0) is 18.8. The minimum absolute atomic E-state index is 0. The van der Waals surface area contributed by atoms with Gasteiger partial charge in [0.05, 0.1) is 5.56 Å². The van der Waals surface area contributed by atoms with Crippen LogP contribution >= 0.6 is 12.4 Å². The Morgan fingerprint density at radius 3 is 2.56 bits per heavy atom. The van der Waals surface area contributed by atoms with Crippen molar-refractivity contribution in [2.45, 2.75) is 43.7 Å². The first-order valence-corrected chi connectivity index (χ1v) is 10.4. The van der Waals surface area contributed by atoms with Crippen LogP contribution < -0.4 is 5.73 Å². The van der Waals surface area contributed by atoms with Gasteiger partial charge in [0.1, 0.15) is 4.90 Å². The molecule has 3 aliphatic rings. The first-order chi connectivity index (χ1) is 12.2. The molecule has 0 radical (unpaired) electrons. The van der Waals surface area contributed by atoms with E-state index < -0.39 is 22.0 Å². The fourth-order valence-electron chi connectivity index (χ4n) is 4.55. The third-order valence-electron chi connectivity index (χ3n) is 5.86. The predicted molar refractivity (Wildman–Crippen MR) is 102 cm³/mol. The summed E-state index contributed by atoms with van der Waals surface area (Å²) in [6.45, 7) is 4.59. The van der Waals surface area contributed by atoms with Gasteiger partial charge in [0, 0.05) is 30.7 Å². The summed E-state index contributed by atoms with van der Waals surface area (Å²) in [5.74, 6) is 0.0379. The topological polar surface area (TPSA) is 101 Å². The number of rotatable bonds is 2. The predicted octanol–water partition coefficient (Wildman–Crippen LogP) is 1.47. The van der Waals surface area contributed by atoms with Crippen LogP contribution in [-0.2, 0) is 10.0 Å². The van der Waals surface area contributed by atoms with E-state index in [1.807, 2.05) is 0 Å². The Bertz CT molecular complexity index is 902. The number of nitrogens with two attached hydrogens (primary N) is 1. The SMILES string of the molecule is CC(C)N1C(=O)c2ccc(C(=O)N3CC4CCC(N)C4C3)cc2S1(=O)=O.Cl. The number of benzene rings is 1. The molecular formula is C18H24ClN3O4S. The molecule has 2 N–H and O–H groups in total. The molecule has 27 heavy (non-hydrogen) atoms. The maximum absolute atomic E-state index is 12.9. The number of likely N-dealkylation sites (tertiary alicyclic amines) is 1. The smallest absolute Gasteiger partial charge is 0.269 e. The molecule has 2 fully saturated rings. The van der Waals surface area contributed by atoms with E-state index in [2.05, 4.69) is 0 Å². The summed E-state index contributed by atoms with van der Waals surface area (Å²) in [7, 11) is -3.91. The monoisotopic (exact) mass is 413 g/mol. The number of sulfonamides is 1. The van der Waals surface area contributed by atoms with Crippen molar-refractivity contribution >= 4 is 34.2 Å². The van der Waals surface area contributed by atoms with Crippen molar-refractivity contribution in [2.24, 2.45) is 17.6 Å². The van der Waals surface area contributed by atoms with Crippen LogP contribution in [-0.4, -0.2) is 54.6 Å². The largest absolute Gasteiger partial charge is 0.338 e. The quantitative estimate of drug-likeness (QED) is 0.791. The molecule has 2 amide bonds. The molecule has 148 valence electrons. The first-order valence-electron chi connectivity index (χ1n) is 8.99. The number of carbonyl (C=O) groups excluding carboxylic acids is 2. The van der Waals surface area contributed by atoms with Gasteiger partial charge in [-0.3, -0.25) is 9.59 Å². The summed E-state index contributed by atoms with van der Waals surface area (Å²) < 4.78 is 26.3. The summed E-state index contributed by atoms with van der Waals surface area (Å²) in [5.41, 5.74) is 6.57. The van der Waals surface area contributed by atoms with Crippen LogP contribution in [0.5, 0.6) is 0 Å². The Morgan fingerprint density at radius 2 is 1.93 bits per heavy atom. The number of fused-ring (bicyclic) bond motifs is 2. The molecule has 0 spiro atoms. The molecule has 1 aromatic rings. The van der Waals surface area contributed by atoms with E-state index >= 15 is 0 Å². The third kappa shape index (κ3) is 2.94. The van der Waals surface area contributed by atoms with E-state index in [9.17, 15) is 18.0 Å². The van der Waals surface area contributed by atoms with Crippen LogP contribution in [0.25, 0.3) is 0 Å². The number of halogens is 1. The minimum atomic E-state index is -3.91. The van der Waals surface area contributed by atoms with Crippen LogP contribution in [0.3, 0.4) is 0 Å². The maximum Gasteiger partial charge on any atom is 0.269 e. The minimum Gasteiger partial charge on any atom is -0.338 e. The van der Waals surface area contributed by atoms with E-state index in [4.69, 9.17) is 5.73 Å². The molecule has 0 aromatic heterocycles. The van der Waals surface area contributed by atoms with Gasteiger partial charge in [-0.05, 0) is 56.7 Å². The second-order valence-corrected chi connectivity index (χ2v) is 9.57. The lowest BCUT2D eigenvalue weighted by atomic mass is 9.98. The highest BCUT2D eigenvalue weighted by Crippen LogP contribution is 2.38. The molecule has 4 rings (SSSR count). The zero-order valence-corrected chi connectivity index (χ0v) is 16.9. The average Bonchev–Trinajstić information content (AvgIpc) is 3.20. The van der Waals surface area contributed by atoms with Gasteiger partial charge in [-0.25, -0.2) is 12.7 Å². The molecule has 1 saturated heterocycles. The summed E-state index contributed by atoms with van der Waals surface area (Å²) >= 11 is 0. The summed E-state index contributed by atoms with van der Waals surface area (Å²) in [4.78, 5) is 27.0. The lowest BCUT2D eigenvalue weighted by Gasteiger charge is -2.19. The fourth-order valence-corrected chi connectivity index (χ4v) is 6.34. The van der Waals surface area contributed by atoms with Crippen molar-refractivity contribution < 1.29 is 18.0 Å². The second-order valence-electron chi connectivity index (χ2n) is 7.79. The van der Waals surface area contributed by atoms with Gasteiger partial charge in [0.25, 0.3) is 21.8 Å². The highest BCUT2D eigenvalue weighted by molar-refractivity contribution is 7.90. The molecule has 3 atom stereocenters. The van der Waals surface area contributed by atoms with E-state index in [1.54, 1.807) is 24.8 Å². The van der Waals surface area contributed by atoms with E-state index in [1.165, 1.54) is 12.1 Å². The van der Waals surface area contributed by atoms with Gasteiger partial charge < -0.3 is 10.6 Å². The highest BCUT2D eigenvalue weighted by atomic mass is 35.5. The Morgan fingerprint density at radius 1 is 1.22 bits per heavy atom. The van der Waals surface area contributed by atoms with Crippen molar-refractivity contribution in [2.75, 3.05) is 13.1 Å². The van der Waals surface area contributed by atoms with Crippen LogP contribution in [0.4, 0.5) is 0 Å². The Hall–Kier alpha value is -1.64. The van der Waals surface area contributed by atoms with Crippen molar-refractivity contribution in [1.29, 1.82) is 0 Å². The van der Waals surface area contributed by atoms with Gasteiger partial charge in [-0.15, -0.1) is 12.4 Å². The van der Waals surface area contributed by atoms with Crippen molar-refractivity contribution in [3.63, 3.8) is 0 Å². The molecule has 1 aliphatic carbocycles. The summed E-state index contributed by atoms with van der Waals surface area (Å²) in [5, 5.41) is 0. The Labute approximate surface area is 165 Å². The number of hydrogen-bond acceptors (Lipinski definition) is 5. The lowest BCUT2D eigenvalue weighted by Crippen LogP contribution is -2.36. The first kappa shape index (κ1) is 20.1. The summed E-state index contributed by atoms with van der Waals surface area (Å²) in [6, 6.07) is 4.01. The van der Waals surface area contributed by atoms with Gasteiger partial charge >= 0.3 is 0 Å². The number of nitrogens with zero attached hydrogens (tertiary/aromatic N) is 2.